The van der Waals surface area contributed by atoms with E-state index < -0.39 is 0 Å². The van der Waals surface area contributed by atoms with Crippen molar-refractivity contribution in [2.45, 2.75) is 40.5 Å². The number of nitrogens with zero attached hydrogens (tertiary/aromatic N) is 2. The van der Waals surface area contributed by atoms with Crippen molar-refractivity contribution in [2.24, 2.45) is 0 Å². The molecule has 1 aliphatic heterocycles. The molecular formula is C15H28N2O. The lowest BCUT2D eigenvalue weighted by molar-refractivity contribution is 0.198. The van der Waals surface area contributed by atoms with Gasteiger partial charge in [-0.3, -0.25) is 0 Å². The van der Waals surface area contributed by atoms with E-state index in [1.807, 2.05) is 38.2 Å². The second-order valence-corrected chi connectivity index (χ2v) is 3.68. The summed E-state index contributed by atoms with van der Waals surface area (Å²) in [5.74, 6) is 1.07. The van der Waals surface area contributed by atoms with Crippen LogP contribution in [0.1, 0.15) is 40.5 Å². The largest absolute Gasteiger partial charge is 0.381 e. The molecule has 1 aromatic heterocycles. The minimum Gasteiger partial charge on any atom is -0.381 e. The zero-order valence-corrected chi connectivity index (χ0v) is 12.4. The van der Waals surface area contributed by atoms with Crippen LogP contribution in [0.25, 0.3) is 0 Å². The van der Waals surface area contributed by atoms with Gasteiger partial charge in [0, 0.05) is 32.5 Å². The van der Waals surface area contributed by atoms with E-state index in [4.69, 9.17) is 4.74 Å². The van der Waals surface area contributed by atoms with Gasteiger partial charge >= 0.3 is 0 Å². The first kappa shape index (κ1) is 16.9. The van der Waals surface area contributed by atoms with Gasteiger partial charge in [-0.15, -0.1) is 0 Å². The fourth-order valence-electron chi connectivity index (χ4n) is 1.60. The van der Waals surface area contributed by atoms with Crippen molar-refractivity contribution in [2.75, 3.05) is 31.2 Å². The van der Waals surface area contributed by atoms with Crippen LogP contribution in [0.15, 0.2) is 24.4 Å². The minimum atomic E-state index is 1.00. The maximum absolute atomic E-state index is 4.94. The van der Waals surface area contributed by atoms with Gasteiger partial charge in [0.15, 0.2) is 0 Å². The Morgan fingerprint density at radius 3 is 2.06 bits per heavy atom. The van der Waals surface area contributed by atoms with Crippen LogP contribution in [-0.2, 0) is 4.74 Å². The molecule has 0 N–H and O–H groups in total. The highest BCUT2D eigenvalue weighted by molar-refractivity contribution is 5.36. The Kier molecular flexibility index (Phi) is 11.6. The lowest BCUT2D eigenvalue weighted by Gasteiger charge is -2.18. The van der Waals surface area contributed by atoms with E-state index in [1.54, 1.807) is 0 Å². The summed E-state index contributed by atoms with van der Waals surface area (Å²) in [7, 11) is 0. The molecule has 0 atom stereocenters. The maximum atomic E-state index is 4.94. The standard InChI is InChI=1S/C9H14N2.C4H8O.C2H6/c1-3-11(4-2)9-7-5-6-8-10-9;1-2-4-5-3-1;1-2/h5-8H,3-4H2,1-2H3;1-4H2;1-2H3. The monoisotopic (exact) mass is 252 g/mol. The third-order valence-electron chi connectivity index (χ3n) is 2.56. The zero-order valence-electron chi connectivity index (χ0n) is 12.4. The minimum absolute atomic E-state index is 1.00. The Morgan fingerprint density at radius 2 is 1.72 bits per heavy atom. The van der Waals surface area contributed by atoms with Crippen molar-refractivity contribution in [3.05, 3.63) is 24.4 Å². The predicted octanol–water partition coefficient (Wildman–Crippen LogP) is 3.75. The van der Waals surface area contributed by atoms with E-state index in [1.165, 1.54) is 12.8 Å². The van der Waals surface area contributed by atoms with Gasteiger partial charge in [-0.05, 0) is 38.8 Å². The van der Waals surface area contributed by atoms with Gasteiger partial charge in [-0.2, -0.15) is 0 Å². The summed E-state index contributed by atoms with van der Waals surface area (Å²) in [6.45, 7) is 12.3. The topological polar surface area (TPSA) is 25.4 Å². The van der Waals surface area contributed by atoms with E-state index in [9.17, 15) is 0 Å². The van der Waals surface area contributed by atoms with E-state index >= 15 is 0 Å². The first-order chi connectivity index (χ1) is 8.88. The lowest BCUT2D eigenvalue weighted by atomic mass is 10.4. The van der Waals surface area contributed by atoms with Gasteiger partial charge < -0.3 is 9.64 Å². The van der Waals surface area contributed by atoms with Crippen molar-refractivity contribution < 1.29 is 4.74 Å². The second-order valence-electron chi connectivity index (χ2n) is 3.68. The number of rotatable bonds is 3. The molecule has 0 aliphatic carbocycles. The van der Waals surface area contributed by atoms with Crippen LogP contribution in [-0.4, -0.2) is 31.3 Å². The molecule has 0 bridgehead atoms. The molecule has 0 radical (unpaired) electrons. The van der Waals surface area contributed by atoms with E-state index in [2.05, 4.69) is 23.7 Å². The van der Waals surface area contributed by atoms with E-state index in [0.29, 0.717) is 0 Å². The number of anilines is 1. The summed E-state index contributed by atoms with van der Waals surface area (Å²) in [6.07, 6.45) is 4.38. The van der Waals surface area contributed by atoms with Gasteiger partial charge in [-0.25, -0.2) is 4.98 Å². The van der Waals surface area contributed by atoms with Crippen LogP contribution in [0.5, 0.6) is 0 Å². The molecule has 3 heteroatoms. The Bertz CT molecular complexity index is 249. The molecule has 1 fully saturated rings. The van der Waals surface area contributed by atoms with Crippen LogP contribution in [0.4, 0.5) is 5.82 Å². The van der Waals surface area contributed by atoms with E-state index in [0.717, 1.165) is 32.1 Å². The molecule has 1 aromatic rings. The molecule has 0 spiro atoms. The number of hydrogen-bond donors (Lipinski definition) is 0. The molecule has 0 amide bonds. The van der Waals surface area contributed by atoms with E-state index in [-0.39, 0.29) is 0 Å². The normalized spacial score (nSPS) is 12.9. The Hall–Kier alpha value is -1.09. The van der Waals surface area contributed by atoms with Crippen LogP contribution >= 0.6 is 0 Å². The third-order valence-corrected chi connectivity index (χ3v) is 2.56. The zero-order chi connectivity index (χ0) is 13.6. The molecule has 1 aliphatic rings. The molecule has 2 rings (SSSR count). The van der Waals surface area contributed by atoms with Crippen LogP contribution < -0.4 is 4.90 Å². The molecular weight excluding hydrogens is 224 g/mol. The average molecular weight is 252 g/mol. The predicted molar refractivity (Wildman–Crippen MR) is 79.2 cm³/mol. The van der Waals surface area contributed by atoms with Gasteiger partial charge in [-0.1, -0.05) is 19.9 Å². The van der Waals surface area contributed by atoms with Gasteiger partial charge in [0.1, 0.15) is 5.82 Å². The third kappa shape index (κ3) is 7.28. The number of pyridine rings is 1. The van der Waals surface area contributed by atoms with Crippen molar-refractivity contribution in [1.29, 1.82) is 0 Å². The first-order valence-corrected chi connectivity index (χ1v) is 7.12. The second kappa shape index (κ2) is 12.4. The Balaban J connectivity index is 0.000000343. The first-order valence-electron chi connectivity index (χ1n) is 7.12. The quantitative estimate of drug-likeness (QED) is 0.819. The summed E-state index contributed by atoms with van der Waals surface area (Å²) < 4.78 is 4.94. The Morgan fingerprint density at radius 1 is 1.11 bits per heavy atom. The van der Waals surface area contributed by atoms with Crippen LogP contribution in [0, 0.1) is 0 Å². The summed E-state index contributed by atoms with van der Waals surface area (Å²) in [5.41, 5.74) is 0. The highest BCUT2D eigenvalue weighted by Gasteiger charge is 1.99. The molecule has 104 valence electrons. The van der Waals surface area contributed by atoms with Crippen molar-refractivity contribution in [1.82, 2.24) is 4.98 Å². The Labute approximate surface area is 112 Å². The number of hydrogen-bond acceptors (Lipinski definition) is 3. The summed E-state index contributed by atoms with van der Waals surface area (Å²) in [4.78, 5) is 6.47. The van der Waals surface area contributed by atoms with Crippen molar-refractivity contribution in [3.8, 4) is 0 Å². The van der Waals surface area contributed by atoms with Gasteiger partial charge in [0.05, 0.1) is 0 Å². The fraction of sp³-hybridized carbons (Fsp3) is 0.667. The van der Waals surface area contributed by atoms with Crippen LogP contribution in [0.2, 0.25) is 0 Å². The molecule has 3 nitrogen and oxygen atoms in total. The van der Waals surface area contributed by atoms with Crippen LogP contribution in [0.3, 0.4) is 0 Å². The molecule has 2 heterocycles. The number of aromatic nitrogens is 1. The van der Waals surface area contributed by atoms with Crippen molar-refractivity contribution in [3.63, 3.8) is 0 Å². The fourth-order valence-corrected chi connectivity index (χ4v) is 1.60. The average Bonchev–Trinajstić information content (AvgIpc) is 3.03. The molecule has 18 heavy (non-hydrogen) atoms. The SMILES string of the molecule is C1CCOC1.CC.CCN(CC)c1ccccn1. The number of ether oxygens (including phenoxy) is 1. The smallest absolute Gasteiger partial charge is 0.128 e. The summed E-state index contributed by atoms with van der Waals surface area (Å²) in [6, 6.07) is 5.99. The van der Waals surface area contributed by atoms with Crippen molar-refractivity contribution >= 4 is 5.82 Å². The van der Waals surface area contributed by atoms with Gasteiger partial charge in [0.25, 0.3) is 0 Å². The summed E-state index contributed by atoms with van der Waals surface area (Å²) in [5, 5.41) is 0. The lowest BCUT2D eigenvalue weighted by Crippen LogP contribution is -2.22. The summed E-state index contributed by atoms with van der Waals surface area (Å²) >= 11 is 0. The molecule has 0 saturated carbocycles. The maximum Gasteiger partial charge on any atom is 0.128 e. The molecule has 0 aromatic carbocycles. The highest BCUT2D eigenvalue weighted by atomic mass is 16.5. The molecule has 0 unspecified atom stereocenters. The molecule has 1 saturated heterocycles. The van der Waals surface area contributed by atoms with Gasteiger partial charge in [0.2, 0.25) is 0 Å². The highest BCUT2D eigenvalue weighted by Crippen LogP contribution is 2.06.